The molecule has 4 rings (SSSR count). The third-order valence-electron chi connectivity index (χ3n) is 6.97. The fourth-order valence-corrected chi connectivity index (χ4v) is 5.50. The zero-order valence-corrected chi connectivity index (χ0v) is 17.8. The Hall–Kier alpha value is -2.41. The first-order valence-electron chi connectivity index (χ1n) is 10.8. The van der Waals surface area contributed by atoms with E-state index in [1.54, 1.807) is 19.2 Å². The second-order valence-corrected chi connectivity index (χ2v) is 8.71. The van der Waals surface area contributed by atoms with E-state index in [1.807, 2.05) is 17.0 Å². The maximum atomic E-state index is 13.6. The SMILES string of the molecule is COCCN1C(=O)C[C@@](CC(=O)N2C[C@@H]3CCC[C@H]2C3)(c2ccccc2OC)C1=O. The zero-order valence-electron chi connectivity index (χ0n) is 17.8. The van der Waals surface area contributed by atoms with Crippen LogP contribution in [0.3, 0.4) is 0 Å². The van der Waals surface area contributed by atoms with Crippen molar-refractivity contribution in [3.05, 3.63) is 29.8 Å². The number of ether oxygens (including phenoxy) is 2. The molecule has 7 nitrogen and oxygen atoms in total. The molecule has 7 heteroatoms. The third kappa shape index (κ3) is 3.49. The van der Waals surface area contributed by atoms with Crippen LogP contribution in [0.4, 0.5) is 0 Å². The molecule has 1 aliphatic carbocycles. The largest absolute Gasteiger partial charge is 0.496 e. The fourth-order valence-electron chi connectivity index (χ4n) is 5.50. The Balaban J connectivity index is 1.69. The molecular formula is C23H30N2O5. The number of benzene rings is 1. The standard InChI is InChI=1S/C23H30N2O5/c1-29-11-10-24-20(26)13-23(22(24)28,18-8-3-4-9-19(18)30-2)14-21(27)25-15-16-6-5-7-17(25)12-16/h3-4,8-9,16-17H,5-7,10-15H2,1-2H3/t16-,17+,23-/m1/s1. The lowest BCUT2D eigenvalue weighted by molar-refractivity contribution is -0.143. The monoisotopic (exact) mass is 414 g/mol. The summed E-state index contributed by atoms with van der Waals surface area (Å²) in [6.07, 6.45) is 4.37. The van der Waals surface area contributed by atoms with Crippen LogP contribution in [-0.4, -0.2) is 67.5 Å². The second-order valence-electron chi connectivity index (χ2n) is 8.71. The number of carbonyl (C=O) groups is 3. The predicted octanol–water partition coefficient (Wildman–Crippen LogP) is 2.13. The Morgan fingerprint density at radius 3 is 2.73 bits per heavy atom. The van der Waals surface area contributed by atoms with Gasteiger partial charge < -0.3 is 14.4 Å². The summed E-state index contributed by atoms with van der Waals surface area (Å²) >= 11 is 0. The van der Waals surface area contributed by atoms with Crippen LogP contribution in [0, 0.1) is 5.92 Å². The molecular weight excluding hydrogens is 384 g/mol. The molecule has 0 N–H and O–H groups in total. The van der Waals surface area contributed by atoms with E-state index in [-0.39, 0.29) is 49.8 Å². The van der Waals surface area contributed by atoms with Gasteiger partial charge in [0.15, 0.2) is 0 Å². The van der Waals surface area contributed by atoms with Gasteiger partial charge in [-0.1, -0.05) is 24.6 Å². The molecule has 2 bridgehead atoms. The molecule has 1 aromatic rings. The number of imide groups is 1. The maximum Gasteiger partial charge on any atom is 0.241 e. The van der Waals surface area contributed by atoms with Gasteiger partial charge in [-0.3, -0.25) is 19.3 Å². The van der Waals surface area contributed by atoms with Crippen LogP contribution in [0.5, 0.6) is 5.75 Å². The minimum Gasteiger partial charge on any atom is -0.496 e. The number of amides is 3. The van der Waals surface area contributed by atoms with E-state index in [1.165, 1.54) is 18.4 Å². The van der Waals surface area contributed by atoms with Crippen molar-refractivity contribution in [1.29, 1.82) is 0 Å². The summed E-state index contributed by atoms with van der Waals surface area (Å²) in [5.74, 6) is 0.458. The molecule has 162 valence electrons. The van der Waals surface area contributed by atoms with Gasteiger partial charge in [0, 0.05) is 38.1 Å². The third-order valence-corrected chi connectivity index (χ3v) is 6.97. The topological polar surface area (TPSA) is 76.2 Å². The molecule has 0 unspecified atom stereocenters. The van der Waals surface area contributed by atoms with Crippen LogP contribution in [0.1, 0.15) is 44.1 Å². The molecule has 2 heterocycles. The maximum absolute atomic E-state index is 13.6. The summed E-state index contributed by atoms with van der Waals surface area (Å²) in [6, 6.07) is 7.50. The van der Waals surface area contributed by atoms with Gasteiger partial charge >= 0.3 is 0 Å². The summed E-state index contributed by atoms with van der Waals surface area (Å²) in [5.41, 5.74) is -0.619. The van der Waals surface area contributed by atoms with Gasteiger partial charge in [0.2, 0.25) is 17.7 Å². The van der Waals surface area contributed by atoms with Crippen molar-refractivity contribution in [2.24, 2.45) is 5.92 Å². The molecule has 1 aromatic carbocycles. The van der Waals surface area contributed by atoms with E-state index in [9.17, 15) is 14.4 Å². The number of nitrogens with zero attached hydrogens (tertiary/aromatic N) is 2. The molecule has 3 atom stereocenters. The highest BCUT2D eigenvalue weighted by molar-refractivity contribution is 6.11. The summed E-state index contributed by atoms with van der Waals surface area (Å²) < 4.78 is 10.6. The van der Waals surface area contributed by atoms with E-state index in [4.69, 9.17) is 9.47 Å². The Bertz CT molecular complexity index is 841. The minimum atomic E-state index is -1.23. The van der Waals surface area contributed by atoms with Crippen molar-refractivity contribution >= 4 is 17.7 Å². The highest BCUT2D eigenvalue weighted by Gasteiger charge is 2.55. The molecule has 3 fully saturated rings. The summed E-state index contributed by atoms with van der Waals surface area (Å²) in [6.45, 7) is 1.22. The number of methoxy groups -OCH3 is 2. The second kappa shape index (κ2) is 8.38. The Labute approximate surface area is 177 Å². The molecule has 0 spiro atoms. The number of likely N-dealkylation sites (tertiary alicyclic amines) is 2. The number of rotatable bonds is 7. The number of fused-ring (bicyclic) bond motifs is 2. The predicted molar refractivity (Wildman–Crippen MR) is 110 cm³/mol. The van der Waals surface area contributed by atoms with Crippen LogP contribution in [0.2, 0.25) is 0 Å². The number of carbonyl (C=O) groups excluding carboxylic acids is 3. The van der Waals surface area contributed by atoms with Crippen molar-refractivity contribution in [1.82, 2.24) is 9.80 Å². The van der Waals surface area contributed by atoms with Crippen LogP contribution in [-0.2, 0) is 24.5 Å². The molecule has 1 saturated carbocycles. The van der Waals surface area contributed by atoms with Gasteiger partial charge in [-0.2, -0.15) is 0 Å². The van der Waals surface area contributed by atoms with Crippen molar-refractivity contribution in [2.75, 3.05) is 33.9 Å². The van der Waals surface area contributed by atoms with Gasteiger partial charge in [-0.25, -0.2) is 0 Å². The number of hydrogen-bond donors (Lipinski definition) is 0. The lowest BCUT2D eigenvalue weighted by Crippen LogP contribution is -2.45. The molecule has 2 saturated heterocycles. The molecule has 3 aliphatic rings. The lowest BCUT2D eigenvalue weighted by atomic mass is 9.75. The first kappa shape index (κ1) is 20.8. The number of hydrogen-bond acceptors (Lipinski definition) is 5. The molecule has 0 aromatic heterocycles. The van der Waals surface area contributed by atoms with Crippen LogP contribution < -0.4 is 4.74 Å². The van der Waals surface area contributed by atoms with E-state index >= 15 is 0 Å². The van der Waals surface area contributed by atoms with Crippen molar-refractivity contribution < 1.29 is 23.9 Å². The Morgan fingerprint density at radius 2 is 2.00 bits per heavy atom. The Kier molecular flexibility index (Phi) is 5.82. The van der Waals surface area contributed by atoms with Crippen LogP contribution in [0.15, 0.2) is 24.3 Å². The van der Waals surface area contributed by atoms with E-state index in [0.29, 0.717) is 17.2 Å². The highest BCUT2D eigenvalue weighted by Crippen LogP contribution is 2.45. The number of para-hydroxylation sites is 1. The quantitative estimate of drug-likeness (QED) is 0.639. The molecule has 2 aliphatic heterocycles. The first-order valence-corrected chi connectivity index (χ1v) is 10.8. The zero-order chi connectivity index (χ0) is 21.3. The van der Waals surface area contributed by atoms with Gasteiger partial charge in [-0.15, -0.1) is 0 Å². The first-order chi connectivity index (χ1) is 14.5. The molecule has 30 heavy (non-hydrogen) atoms. The smallest absolute Gasteiger partial charge is 0.241 e. The molecule has 3 amide bonds. The van der Waals surface area contributed by atoms with Gasteiger partial charge in [0.25, 0.3) is 0 Å². The van der Waals surface area contributed by atoms with Crippen LogP contribution >= 0.6 is 0 Å². The van der Waals surface area contributed by atoms with Crippen molar-refractivity contribution in [2.45, 2.75) is 50.0 Å². The van der Waals surface area contributed by atoms with Gasteiger partial charge in [-0.05, 0) is 31.2 Å². The average molecular weight is 415 g/mol. The van der Waals surface area contributed by atoms with Crippen molar-refractivity contribution in [3.8, 4) is 5.75 Å². The Morgan fingerprint density at radius 1 is 1.20 bits per heavy atom. The summed E-state index contributed by atoms with van der Waals surface area (Å²) in [4.78, 5) is 43.1. The minimum absolute atomic E-state index is 0.00928. The average Bonchev–Trinajstić information content (AvgIpc) is 3.18. The van der Waals surface area contributed by atoms with Gasteiger partial charge in [0.05, 0.1) is 25.7 Å². The summed E-state index contributed by atoms with van der Waals surface area (Å²) in [5, 5.41) is 0. The van der Waals surface area contributed by atoms with Crippen LogP contribution in [0.25, 0.3) is 0 Å². The normalized spacial score (nSPS) is 28.3. The molecule has 0 radical (unpaired) electrons. The van der Waals surface area contributed by atoms with Gasteiger partial charge in [0.1, 0.15) is 5.75 Å². The van der Waals surface area contributed by atoms with E-state index in [2.05, 4.69) is 0 Å². The lowest BCUT2D eigenvalue weighted by Gasteiger charge is -2.32. The van der Waals surface area contributed by atoms with Crippen molar-refractivity contribution in [3.63, 3.8) is 0 Å². The summed E-state index contributed by atoms with van der Waals surface area (Å²) in [7, 11) is 3.08. The highest BCUT2D eigenvalue weighted by atomic mass is 16.5. The fraction of sp³-hybridized carbons (Fsp3) is 0.609. The van der Waals surface area contributed by atoms with E-state index in [0.717, 1.165) is 25.8 Å². The van der Waals surface area contributed by atoms with E-state index < -0.39 is 5.41 Å².